The highest BCUT2D eigenvalue weighted by molar-refractivity contribution is 7.13. The van der Waals surface area contributed by atoms with Gasteiger partial charge in [0, 0.05) is 39.3 Å². The number of hydrogen-bond acceptors (Lipinski definition) is 5. The molecule has 7 heteroatoms. The van der Waals surface area contributed by atoms with Crippen molar-refractivity contribution in [3.63, 3.8) is 0 Å². The van der Waals surface area contributed by atoms with E-state index in [1.807, 2.05) is 35.3 Å². The smallest absolute Gasteiger partial charge is 0.255 e. The van der Waals surface area contributed by atoms with Crippen molar-refractivity contribution in [1.82, 2.24) is 24.4 Å². The fourth-order valence-corrected chi connectivity index (χ4v) is 3.59. The lowest BCUT2D eigenvalue weighted by molar-refractivity contribution is 0.239. The first-order chi connectivity index (χ1) is 11.2. The summed E-state index contributed by atoms with van der Waals surface area (Å²) in [6.45, 7) is 2.27. The summed E-state index contributed by atoms with van der Waals surface area (Å²) in [6, 6.07) is 3.94. The summed E-state index contributed by atoms with van der Waals surface area (Å²) < 4.78 is 1.94. The Kier molecular flexibility index (Phi) is 3.59. The zero-order valence-electron chi connectivity index (χ0n) is 12.8. The molecule has 0 fully saturated rings. The van der Waals surface area contributed by atoms with Crippen LogP contribution in [0.3, 0.4) is 0 Å². The summed E-state index contributed by atoms with van der Waals surface area (Å²) in [6.07, 6.45) is 4.61. The molecule has 1 aliphatic heterocycles. The number of nitrogens with one attached hydrogen (secondary N) is 1. The first-order valence-electron chi connectivity index (χ1n) is 7.54. The number of rotatable bonds is 3. The van der Waals surface area contributed by atoms with Gasteiger partial charge in [-0.15, -0.1) is 11.3 Å². The van der Waals surface area contributed by atoms with Crippen molar-refractivity contribution < 1.29 is 0 Å². The van der Waals surface area contributed by atoms with Crippen molar-refractivity contribution in [3.05, 3.63) is 57.3 Å². The minimum absolute atomic E-state index is 0.0240. The van der Waals surface area contributed by atoms with E-state index >= 15 is 0 Å². The fourth-order valence-electron chi connectivity index (χ4n) is 2.92. The van der Waals surface area contributed by atoms with Crippen molar-refractivity contribution in [2.24, 2.45) is 7.05 Å². The van der Waals surface area contributed by atoms with E-state index in [0.29, 0.717) is 12.4 Å². The predicted octanol–water partition coefficient (Wildman–Crippen LogP) is 1.79. The summed E-state index contributed by atoms with van der Waals surface area (Å²) in [4.78, 5) is 27.6. The molecule has 23 heavy (non-hydrogen) atoms. The van der Waals surface area contributed by atoms with Crippen LogP contribution in [-0.4, -0.2) is 31.0 Å². The van der Waals surface area contributed by atoms with E-state index in [0.717, 1.165) is 41.3 Å². The molecule has 0 saturated heterocycles. The van der Waals surface area contributed by atoms with E-state index in [-0.39, 0.29) is 5.56 Å². The van der Waals surface area contributed by atoms with Crippen molar-refractivity contribution in [3.8, 4) is 10.7 Å². The van der Waals surface area contributed by atoms with Crippen molar-refractivity contribution >= 4 is 11.3 Å². The predicted molar refractivity (Wildman–Crippen MR) is 89.2 cm³/mol. The SMILES string of the molecule is Cn1cnc(CN2CCc3nc(-c4cccs4)[nH]c(=O)c3C2)c1. The quantitative estimate of drug-likeness (QED) is 0.796. The van der Waals surface area contributed by atoms with Gasteiger partial charge in [0.1, 0.15) is 0 Å². The van der Waals surface area contributed by atoms with Crippen LogP contribution >= 0.6 is 11.3 Å². The first-order valence-corrected chi connectivity index (χ1v) is 8.42. The standard InChI is InChI=1S/C16H17N5OS/c1-20-7-11(17-10-20)8-21-5-4-13-12(9-21)16(22)19-15(18-13)14-3-2-6-23-14/h2-3,6-7,10H,4-5,8-9H2,1H3,(H,18,19,22). The van der Waals surface area contributed by atoms with Crippen LogP contribution in [0.1, 0.15) is 17.0 Å². The molecular formula is C16H17N5OS. The van der Waals surface area contributed by atoms with Gasteiger partial charge in [-0.05, 0) is 11.4 Å². The van der Waals surface area contributed by atoms with Gasteiger partial charge in [0.25, 0.3) is 5.56 Å². The fraction of sp³-hybridized carbons (Fsp3) is 0.312. The molecule has 6 nitrogen and oxygen atoms in total. The van der Waals surface area contributed by atoms with E-state index < -0.39 is 0 Å². The third-order valence-corrected chi connectivity index (χ3v) is 4.92. The minimum Gasteiger partial charge on any atom is -0.340 e. The summed E-state index contributed by atoms with van der Waals surface area (Å²) in [5.74, 6) is 0.682. The van der Waals surface area contributed by atoms with Gasteiger partial charge in [0.05, 0.1) is 28.2 Å². The van der Waals surface area contributed by atoms with E-state index in [2.05, 4.69) is 19.9 Å². The van der Waals surface area contributed by atoms with Gasteiger partial charge in [0.15, 0.2) is 5.82 Å². The van der Waals surface area contributed by atoms with Crippen LogP contribution in [0.4, 0.5) is 0 Å². The molecule has 0 bridgehead atoms. The van der Waals surface area contributed by atoms with Crippen molar-refractivity contribution in [2.45, 2.75) is 19.5 Å². The number of thiophene rings is 1. The van der Waals surface area contributed by atoms with Crippen LogP contribution < -0.4 is 5.56 Å². The second-order valence-electron chi connectivity index (χ2n) is 5.81. The van der Waals surface area contributed by atoms with E-state index in [4.69, 9.17) is 0 Å². The third-order valence-electron chi connectivity index (χ3n) is 4.05. The molecule has 0 amide bonds. The Morgan fingerprint density at radius 2 is 2.35 bits per heavy atom. The lowest BCUT2D eigenvalue weighted by Gasteiger charge is -2.26. The normalized spacial score (nSPS) is 14.8. The molecule has 0 unspecified atom stereocenters. The molecule has 0 atom stereocenters. The summed E-state index contributed by atoms with van der Waals surface area (Å²) in [7, 11) is 1.96. The topological polar surface area (TPSA) is 66.8 Å². The van der Waals surface area contributed by atoms with Gasteiger partial charge in [-0.1, -0.05) is 6.07 Å². The molecule has 4 heterocycles. The summed E-state index contributed by atoms with van der Waals surface area (Å²) in [5, 5.41) is 1.99. The Morgan fingerprint density at radius 1 is 1.43 bits per heavy atom. The molecule has 4 rings (SSSR count). The number of hydrogen-bond donors (Lipinski definition) is 1. The molecule has 3 aromatic rings. The molecule has 3 aromatic heterocycles. The largest absolute Gasteiger partial charge is 0.340 e. The maximum atomic E-state index is 12.4. The molecule has 0 aliphatic carbocycles. The van der Waals surface area contributed by atoms with Crippen LogP contribution in [0.5, 0.6) is 0 Å². The molecule has 0 aromatic carbocycles. The molecular weight excluding hydrogens is 310 g/mol. The maximum absolute atomic E-state index is 12.4. The zero-order valence-corrected chi connectivity index (χ0v) is 13.6. The second kappa shape index (κ2) is 5.75. The lowest BCUT2D eigenvalue weighted by Crippen LogP contribution is -2.35. The molecule has 118 valence electrons. The van der Waals surface area contributed by atoms with Gasteiger partial charge in [-0.2, -0.15) is 0 Å². The number of imidazole rings is 1. The highest BCUT2D eigenvalue weighted by Gasteiger charge is 2.22. The molecule has 0 saturated carbocycles. The number of nitrogens with zero attached hydrogens (tertiary/aromatic N) is 4. The van der Waals surface area contributed by atoms with Gasteiger partial charge in [-0.3, -0.25) is 9.69 Å². The number of aryl methyl sites for hydroxylation is 1. The third kappa shape index (κ3) is 2.85. The van der Waals surface area contributed by atoms with Crippen LogP contribution in [0.2, 0.25) is 0 Å². The average Bonchev–Trinajstić information content (AvgIpc) is 3.20. The lowest BCUT2D eigenvalue weighted by atomic mass is 10.1. The highest BCUT2D eigenvalue weighted by Crippen LogP contribution is 2.22. The maximum Gasteiger partial charge on any atom is 0.255 e. The van der Waals surface area contributed by atoms with Crippen LogP contribution in [0, 0.1) is 0 Å². The van der Waals surface area contributed by atoms with Crippen molar-refractivity contribution in [1.29, 1.82) is 0 Å². The number of aromatic amines is 1. The molecule has 1 N–H and O–H groups in total. The van der Waals surface area contributed by atoms with Gasteiger partial charge in [0.2, 0.25) is 0 Å². The Balaban J connectivity index is 1.59. The Bertz CT molecular complexity index is 880. The molecule has 1 aliphatic rings. The zero-order chi connectivity index (χ0) is 15.8. The van der Waals surface area contributed by atoms with Crippen molar-refractivity contribution in [2.75, 3.05) is 6.54 Å². The summed E-state index contributed by atoms with van der Waals surface area (Å²) in [5.41, 5.74) is 2.71. The minimum atomic E-state index is -0.0240. The first kappa shape index (κ1) is 14.3. The molecule has 0 spiro atoms. The Hall–Kier alpha value is -2.25. The van der Waals surface area contributed by atoms with Crippen LogP contribution in [0.15, 0.2) is 34.8 Å². The van der Waals surface area contributed by atoms with Crippen LogP contribution in [0.25, 0.3) is 10.7 Å². The highest BCUT2D eigenvalue weighted by atomic mass is 32.1. The second-order valence-corrected chi connectivity index (χ2v) is 6.76. The van der Waals surface area contributed by atoms with Gasteiger partial charge >= 0.3 is 0 Å². The Morgan fingerprint density at radius 3 is 3.09 bits per heavy atom. The van der Waals surface area contributed by atoms with E-state index in [9.17, 15) is 4.79 Å². The van der Waals surface area contributed by atoms with Gasteiger partial charge < -0.3 is 9.55 Å². The monoisotopic (exact) mass is 327 g/mol. The van der Waals surface area contributed by atoms with Crippen LogP contribution in [-0.2, 0) is 26.6 Å². The molecule has 0 radical (unpaired) electrons. The van der Waals surface area contributed by atoms with E-state index in [1.54, 1.807) is 17.7 Å². The number of aromatic nitrogens is 4. The Labute approximate surface area is 137 Å². The summed E-state index contributed by atoms with van der Waals surface area (Å²) >= 11 is 1.59. The number of H-pyrrole nitrogens is 1. The van der Waals surface area contributed by atoms with E-state index in [1.165, 1.54) is 0 Å². The average molecular weight is 327 g/mol. The number of fused-ring (bicyclic) bond motifs is 1. The van der Waals surface area contributed by atoms with Gasteiger partial charge in [-0.25, -0.2) is 9.97 Å².